The minimum atomic E-state index is -0.968. The van der Waals surface area contributed by atoms with Gasteiger partial charge < -0.3 is 5.32 Å². The van der Waals surface area contributed by atoms with Crippen molar-refractivity contribution < 1.29 is 14.4 Å². The third kappa shape index (κ3) is 4.01. The third-order valence-electron chi connectivity index (χ3n) is 5.87. The SMILES string of the molecule is CCC1(C)NC(=O)N(NC(=O)CN2CCC(c3nc4cc(Cl)ccc4s3)CC2)C1=O. The van der Waals surface area contributed by atoms with E-state index in [1.807, 2.05) is 30.0 Å². The quantitative estimate of drug-likeness (QED) is 0.684. The number of aromatic nitrogens is 1. The van der Waals surface area contributed by atoms with Crippen LogP contribution in [0.15, 0.2) is 18.2 Å². The average Bonchev–Trinajstić information content (AvgIpc) is 3.23. The predicted octanol–water partition coefficient (Wildman–Crippen LogP) is 2.88. The molecular weight excluding hydrogens is 426 g/mol. The van der Waals surface area contributed by atoms with E-state index in [4.69, 9.17) is 16.6 Å². The van der Waals surface area contributed by atoms with Crippen molar-refractivity contribution in [3.8, 4) is 0 Å². The van der Waals surface area contributed by atoms with Crippen molar-refractivity contribution in [2.45, 2.75) is 44.6 Å². The van der Waals surface area contributed by atoms with E-state index in [-0.39, 0.29) is 12.5 Å². The molecule has 8 nitrogen and oxygen atoms in total. The molecule has 4 rings (SSSR count). The Hall–Kier alpha value is -2.23. The highest BCUT2D eigenvalue weighted by Gasteiger charge is 2.47. The standard InChI is InChI=1S/C20H24ClN5O3S/c1-3-20(2)18(28)26(19(29)23-20)24-16(27)11-25-8-6-12(7-9-25)17-22-14-10-13(21)4-5-15(14)30-17/h4-5,10,12H,3,6-9,11H2,1-2H3,(H,23,29)(H,24,27). The number of nitrogens with zero attached hydrogens (tertiary/aromatic N) is 3. The fraction of sp³-hybridized carbons (Fsp3) is 0.500. The number of urea groups is 1. The predicted molar refractivity (Wildman–Crippen MR) is 115 cm³/mol. The molecule has 4 amide bonds. The van der Waals surface area contributed by atoms with Crippen LogP contribution in [0.5, 0.6) is 0 Å². The maximum absolute atomic E-state index is 12.4. The van der Waals surface area contributed by atoms with Gasteiger partial charge in [0.05, 0.1) is 21.8 Å². The minimum absolute atomic E-state index is 0.141. The van der Waals surface area contributed by atoms with Crippen LogP contribution in [0.25, 0.3) is 10.2 Å². The van der Waals surface area contributed by atoms with Crippen LogP contribution >= 0.6 is 22.9 Å². The number of thiazole rings is 1. The fourth-order valence-corrected chi connectivity index (χ4v) is 5.10. The molecule has 2 saturated heterocycles. The van der Waals surface area contributed by atoms with Gasteiger partial charge in [-0.2, -0.15) is 5.01 Å². The number of likely N-dealkylation sites (tertiary alicyclic amines) is 1. The molecule has 160 valence electrons. The first-order valence-corrected chi connectivity index (χ1v) is 11.2. The first-order chi connectivity index (χ1) is 14.3. The maximum Gasteiger partial charge on any atom is 0.344 e. The lowest BCUT2D eigenvalue weighted by molar-refractivity contribution is -0.139. The van der Waals surface area contributed by atoms with Crippen molar-refractivity contribution >= 4 is 51.0 Å². The molecule has 2 aliphatic heterocycles. The summed E-state index contributed by atoms with van der Waals surface area (Å²) in [5, 5.41) is 5.21. The van der Waals surface area contributed by atoms with Crippen molar-refractivity contribution in [2.24, 2.45) is 0 Å². The summed E-state index contributed by atoms with van der Waals surface area (Å²) in [5.74, 6) is -0.443. The lowest BCUT2D eigenvalue weighted by Crippen LogP contribution is -2.51. The average molecular weight is 450 g/mol. The Bertz CT molecular complexity index is 1000. The number of hydrogen-bond acceptors (Lipinski definition) is 6. The van der Waals surface area contributed by atoms with Crippen LogP contribution in [-0.2, 0) is 9.59 Å². The number of piperidine rings is 1. The minimum Gasteiger partial charge on any atom is -0.322 e. The number of imide groups is 1. The van der Waals surface area contributed by atoms with E-state index in [1.54, 1.807) is 18.3 Å². The van der Waals surface area contributed by atoms with Gasteiger partial charge in [-0.15, -0.1) is 11.3 Å². The number of fused-ring (bicyclic) bond motifs is 1. The molecule has 2 aromatic rings. The molecule has 1 atom stereocenters. The van der Waals surface area contributed by atoms with E-state index < -0.39 is 17.5 Å². The smallest absolute Gasteiger partial charge is 0.322 e. The third-order valence-corrected chi connectivity index (χ3v) is 7.31. The van der Waals surface area contributed by atoms with Gasteiger partial charge in [-0.05, 0) is 57.5 Å². The summed E-state index contributed by atoms with van der Waals surface area (Å²) in [4.78, 5) is 43.6. The Kier molecular flexibility index (Phi) is 5.69. The molecule has 1 unspecified atom stereocenters. The van der Waals surface area contributed by atoms with Gasteiger partial charge in [-0.25, -0.2) is 9.78 Å². The lowest BCUT2D eigenvalue weighted by atomic mass is 9.97. The second-order valence-corrected chi connectivity index (χ2v) is 9.50. The van der Waals surface area contributed by atoms with Crippen LogP contribution in [0, 0.1) is 0 Å². The maximum atomic E-state index is 12.4. The van der Waals surface area contributed by atoms with Gasteiger partial charge in [0.25, 0.3) is 11.8 Å². The zero-order chi connectivity index (χ0) is 21.5. The number of amides is 4. The molecule has 1 aromatic heterocycles. The van der Waals surface area contributed by atoms with Gasteiger partial charge >= 0.3 is 6.03 Å². The van der Waals surface area contributed by atoms with Crippen molar-refractivity contribution in [1.82, 2.24) is 25.6 Å². The van der Waals surface area contributed by atoms with Crippen molar-refractivity contribution in [3.05, 3.63) is 28.2 Å². The van der Waals surface area contributed by atoms with Crippen LogP contribution in [0.4, 0.5) is 4.79 Å². The van der Waals surface area contributed by atoms with E-state index in [9.17, 15) is 14.4 Å². The number of carbonyl (C=O) groups excluding carboxylic acids is 3. The van der Waals surface area contributed by atoms with Crippen LogP contribution < -0.4 is 10.7 Å². The largest absolute Gasteiger partial charge is 0.344 e. The summed E-state index contributed by atoms with van der Waals surface area (Å²) < 4.78 is 1.13. The molecule has 2 N–H and O–H groups in total. The van der Waals surface area contributed by atoms with E-state index in [1.165, 1.54) is 0 Å². The Morgan fingerprint density at radius 2 is 2.10 bits per heavy atom. The Labute approximate surface area is 183 Å². The molecule has 0 aliphatic carbocycles. The zero-order valence-electron chi connectivity index (χ0n) is 16.9. The molecule has 3 heterocycles. The molecule has 0 bridgehead atoms. The van der Waals surface area contributed by atoms with Gasteiger partial charge in [-0.1, -0.05) is 18.5 Å². The highest BCUT2D eigenvalue weighted by atomic mass is 35.5. The molecule has 0 spiro atoms. The van der Waals surface area contributed by atoms with Gasteiger partial charge in [0.1, 0.15) is 5.54 Å². The molecule has 30 heavy (non-hydrogen) atoms. The normalized spacial score (nSPS) is 23.2. The van der Waals surface area contributed by atoms with Gasteiger partial charge in [0.15, 0.2) is 0 Å². The first-order valence-electron chi connectivity index (χ1n) is 10.0. The molecule has 1 aromatic carbocycles. The second kappa shape index (κ2) is 8.13. The van der Waals surface area contributed by atoms with Crippen LogP contribution in [0.1, 0.15) is 44.0 Å². The monoisotopic (exact) mass is 449 g/mol. The van der Waals surface area contributed by atoms with Crippen molar-refractivity contribution in [1.29, 1.82) is 0 Å². The molecular formula is C20H24ClN5O3S. The Balaban J connectivity index is 1.30. The van der Waals surface area contributed by atoms with Crippen molar-refractivity contribution in [3.63, 3.8) is 0 Å². The van der Waals surface area contributed by atoms with Crippen LogP contribution in [-0.4, -0.2) is 57.9 Å². The van der Waals surface area contributed by atoms with Gasteiger partial charge in [0.2, 0.25) is 0 Å². The molecule has 10 heteroatoms. The number of halogens is 1. The number of hydrogen-bond donors (Lipinski definition) is 2. The highest BCUT2D eigenvalue weighted by Crippen LogP contribution is 2.34. The lowest BCUT2D eigenvalue weighted by Gasteiger charge is -2.30. The molecule has 0 radical (unpaired) electrons. The number of hydrazine groups is 1. The number of nitrogens with one attached hydrogen (secondary N) is 2. The van der Waals surface area contributed by atoms with Crippen LogP contribution in [0.2, 0.25) is 5.02 Å². The zero-order valence-corrected chi connectivity index (χ0v) is 18.5. The summed E-state index contributed by atoms with van der Waals surface area (Å²) in [5.41, 5.74) is 2.41. The number of rotatable bonds is 5. The number of carbonyl (C=O) groups is 3. The molecule has 2 fully saturated rings. The van der Waals surface area contributed by atoms with Gasteiger partial charge in [0, 0.05) is 10.9 Å². The van der Waals surface area contributed by atoms with Gasteiger partial charge in [-0.3, -0.25) is 19.9 Å². The Morgan fingerprint density at radius 3 is 2.77 bits per heavy atom. The highest BCUT2D eigenvalue weighted by molar-refractivity contribution is 7.18. The summed E-state index contributed by atoms with van der Waals surface area (Å²) >= 11 is 7.75. The van der Waals surface area contributed by atoms with E-state index in [2.05, 4.69) is 10.7 Å². The summed E-state index contributed by atoms with van der Waals surface area (Å²) in [7, 11) is 0. The first kappa shape index (κ1) is 21.0. The van der Waals surface area contributed by atoms with Crippen LogP contribution in [0.3, 0.4) is 0 Å². The summed E-state index contributed by atoms with van der Waals surface area (Å²) in [6.07, 6.45) is 2.26. The Morgan fingerprint density at radius 1 is 1.37 bits per heavy atom. The molecule has 2 aliphatic rings. The number of benzene rings is 1. The summed E-state index contributed by atoms with van der Waals surface area (Å²) in [6, 6.07) is 5.17. The van der Waals surface area contributed by atoms with E-state index >= 15 is 0 Å². The molecule has 0 saturated carbocycles. The second-order valence-electron chi connectivity index (χ2n) is 8.01. The topological polar surface area (TPSA) is 94.6 Å². The fourth-order valence-electron chi connectivity index (χ4n) is 3.82. The van der Waals surface area contributed by atoms with E-state index in [0.717, 1.165) is 46.2 Å². The van der Waals surface area contributed by atoms with E-state index in [0.29, 0.717) is 17.4 Å². The summed E-state index contributed by atoms with van der Waals surface area (Å²) in [6.45, 7) is 5.11. The van der Waals surface area contributed by atoms with Crippen molar-refractivity contribution in [2.75, 3.05) is 19.6 Å².